The molecule has 0 bridgehead atoms. The van der Waals surface area contributed by atoms with Gasteiger partial charge in [0.2, 0.25) is 5.91 Å². The van der Waals surface area contributed by atoms with E-state index >= 15 is 0 Å². The van der Waals surface area contributed by atoms with Crippen LogP contribution in [0.25, 0.3) is 0 Å². The van der Waals surface area contributed by atoms with Gasteiger partial charge < -0.3 is 4.74 Å². The standard InChI is InChI=1S/C19H16N2O4S/c20-12-14-6-8-15(9-7-14)19(24)25-13-18(23)21-17(22)10-11-26-16-4-2-1-3-5-16/h1-9H,10-11,13H2,(H,21,22,23). The summed E-state index contributed by atoms with van der Waals surface area (Å²) in [7, 11) is 0. The number of hydrogen-bond acceptors (Lipinski definition) is 6. The van der Waals surface area contributed by atoms with E-state index in [-0.39, 0.29) is 12.0 Å². The van der Waals surface area contributed by atoms with Gasteiger partial charge in [-0.2, -0.15) is 5.26 Å². The molecular weight excluding hydrogens is 352 g/mol. The van der Waals surface area contributed by atoms with Crippen molar-refractivity contribution in [1.82, 2.24) is 5.32 Å². The number of amides is 2. The van der Waals surface area contributed by atoms with Crippen molar-refractivity contribution in [3.8, 4) is 6.07 Å². The lowest BCUT2D eigenvalue weighted by atomic mass is 10.1. The number of carbonyl (C=O) groups is 3. The molecule has 0 unspecified atom stereocenters. The average Bonchev–Trinajstić information content (AvgIpc) is 2.67. The number of hydrogen-bond donors (Lipinski definition) is 1. The largest absolute Gasteiger partial charge is 0.452 e. The van der Waals surface area contributed by atoms with Gasteiger partial charge in [0, 0.05) is 17.1 Å². The van der Waals surface area contributed by atoms with Crippen LogP contribution in [0, 0.1) is 11.3 Å². The minimum atomic E-state index is -0.697. The summed E-state index contributed by atoms with van der Waals surface area (Å²) in [5, 5.41) is 10.9. The molecule has 0 atom stereocenters. The number of thioether (sulfide) groups is 1. The van der Waals surface area contributed by atoms with Crippen molar-refractivity contribution in [2.45, 2.75) is 11.3 Å². The van der Waals surface area contributed by atoms with Crippen LogP contribution >= 0.6 is 11.8 Å². The third kappa shape index (κ3) is 6.42. The Hall–Kier alpha value is -3.11. The quantitative estimate of drug-likeness (QED) is 0.596. The average molecular weight is 368 g/mol. The molecular formula is C19H16N2O4S. The minimum Gasteiger partial charge on any atom is -0.452 e. The van der Waals surface area contributed by atoms with Crippen molar-refractivity contribution in [3.63, 3.8) is 0 Å². The van der Waals surface area contributed by atoms with Crippen molar-refractivity contribution >= 4 is 29.5 Å². The number of rotatable bonds is 7. The summed E-state index contributed by atoms with van der Waals surface area (Å²) in [6.07, 6.45) is 0.175. The molecule has 1 N–H and O–H groups in total. The maximum atomic E-state index is 11.8. The molecule has 0 fully saturated rings. The second kappa shape index (κ2) is 10.0. The second-order valence-electron chi connectivity index (χ2n) is 5.15. The number of carbonyl (C=O) groups excluding carboxylic acids is 3. The first-order valence-electron chi connectivity index (χ1n) is 7.76. The Morgan fingerprint density at radius 3 is 2.35 bits per heavy atom. The molecule has 7 heteroatoms. The Bertz CT molecular complexity index is 814. The van der Waals surface area contributed by atoms with Crippen LogP contribution in [0.3, 0.4) is 0 Å². The lowest BCUT2D eigenvalue weighted by Crippen LogP contribution is -2.34. The maximum Gasteiger partial charge on any atom is 0.338 e. The molecule has 2 aromatic carbocycles. The first kappa shape index (κ1) is 19.2. The highest BCUT2D eigenvalue weighted by Crippen LogP contribution is 2.17. The normalized spacial score (nSPS) is 9.81. The van der Waals surface area contributed by atoms with Gasteiger partial charge in [-0.25, -0.2) is 4.79 Å². The lowest BCUT2D eigenvalue weighted by molar-refractivity contribution is -0.132. The number of nitrogens with zero attached hydrogens (tertiary/aromatic N) is 1. The summed E-state index contributed by atoms with van der Waals surface area (Å²) in [6.45, 7) is -0.545. The van der Waals surface area contributed by atoms with Gasteiger partial charge in [-0.05, 0) is 36.4 Å². The first-order valence-corrected chi connectivity index (χ1v) is 8.75. The molecule has 132 valence electrons. The Morgan fingerprint density at radius 1 is 1.00 bits per heavy atom. The highest BCUT2D eigenvalue weighted by atomic mass is 32.2. The van der Waals surface area contributed by atoms with E-state index in [2.05, 4.69) is 5.32 Å². The van der Waals surface area contributed by atoms with Crippen LogP contribution in [0.5, 0.6) is 0 Å². The lowest BCUT2D eigenvalue weighted by Gasteiger charge is -2.06. The number of benzene rings is 2. The molecule has 2 amide bonds. The van der Waals surface area contributed by atoms with E-state index in [1.165, 1.54) is 36.0 Å². The first-order chi connectivity index (χ1) is 12.6. The van der Waals surface area contributed by atoms with Gasteiger partial charge in [-0.15, -0.1) is 11.8 Å². The fourth-order valence-electron chi connectivity index (χ4n) is 1.93. The van der Waals surface area contributed by atoms with Gasteiger partial charge >= 0.3 is 5.97 Å². The molecule has 0 aliphatic heterocycles. The molecule has 26 heavy (non-hydrogen) atoms. The van der Waals surface area contributed by atoms with E-state index in [1.807, 2.05) is 36.4 Å². The monoisotopic (exact) mass is 368 g/mol. The molecule has 0 saturated heterocycles. The Morgan fingerprint density at radius 2 is 1.69 bits per heavy atom. The van der Waals surface area contributed by atoms with E-state index in [0.717, 1.165) is 4.90 Å². The van der Waals surface area contributed by atoms with Gasteiger partial charge in [0.05, 0.1) is 17.2 Å². The Kier molecular flexibility index (Phi) is 7.40. The van der Waals surface area contributed by atoms with Crippen LogP contribution in [0.2, 0.25) is 0 Å². The molecule has 0 aliphatic carbocycles. The zero-order valence-electron chi connectivity index (χ0n) is 13.8. The summed E-state index contributed by atoms with van der Waals surface area (Å²) in [5.41, 5.74) is 0.639. The van der Waals surface area contributed by atoms with Gasteiger partial charge in [-0.3, -0.25) is 14.9 Å². The number of imide groups is 1. The van der Waals surface area contributed by atoms with Crippen LogP contribution in [0.1, 0.15) is 22.3 Å². The van der Waals surface area contributed by atoms with Crippen molar-refractivity contribution in [3.05, 3.63) is 65.7 Å². The van der Waals surface area contributed by atoms with Gasteiger partial charge in [0.1, 0.15) is 0 Å². The summed E-state index contributed by atoms with van der Waals surface area (Å²) < 4.78 is 4.85. The highest BCUT2D eigenvalue weighted by molar-refractivity contribution is 7.99. The third-order valence-electron chi connectivity index (χ3n) is 3.20. The van der Waals surface area contributed by atoms with E-state index < -0.39 is 24.4 Å². The SMILES string of the molecule is N#Cc1ccc(C(=O)OCC(=O)NC(=O)CCSc2ccccc2)cc1. The summed E-state index contributed by atoms with van der Waals surface area (Å²) in [4.78, 5) is 36.2. The Balaban J connectivity index is 1.68. The topological polar surface area (TPSA) is 96.3 Å². The van der Waals surface area contributed by atoms with Crippen LogP contribution in [-0.4, -0.2) is 30.1 Å². The van der Waals surface area contributed by atoms with Crippen LogP contribution in [0.15, 0.2) is 59.5 Å². The minimum absolute atomic E-state index is 0.175. The number of nitriles is 1. The predicted molar refractivity (Wildman–Crippen MR) is 96.4 cm³/mol. The zero-order valence-corrected chi connectivity index (χ0v) is 14.6. The molecule has 2 aromatic rings. The van der Waals surface area contributed by atoms with Gasteiger partial charge in [0.25, 0.3) is 5.91 Å². The van der Waals surface area contributed by atoms with E-state index in [1.54, 1.807) is 0 Å². The molecule has 6 nitrogen and oxygen atoms in total. The molecule has 0 heterocycles. The molecule has 0 aliphatic rings. The van der Waals surface area contributed by atoms with Gasteiger partial charge in [0.15, 0.2) is 6.61 Å². The second-order valence-corrected chi connectivity index (χ2v) is 6.32. The Labute approximate surface area is 155 Å². The predicted octanol–water partition coefficient (Wildman–Crippen LogP) is 2.54. The van der Waals surface area contributed by atoms with Gasteiger partial charge in [-0.1, -0.05) is 18.2 Å². The summed E-state index contributed by atoms with van der Waals surface area (Å²) in [5.74, 6) is -1.26. The van der Waals surface area contributed by atoms with Crippen LogP contribution in [0.4, 0.5) is 0 Å². The van der Waals surface area contributed by atoms with Crippen molar-refractivity contribution in [1.29, 1.82) is 5.26 Å². The van der Waals surface area contributed by atoms with Crippen molar-refractivity contribution < 1.29 is 19.1 Å². The highest BCUT2D eigenvalue weighted by Gasteiger charge is 2.12. The third-order valence-corrected chi connectivity index (χ3v) is 4.22. The fourth-order valence-corrected chi connectivity index (χ4v) is 2.80. The number of nitrogens with one attached hydrogen (secondary N) is 1. The molecule has 0 radical (unpaired) electrons. The van der Waals surface area contributed by atoms with Crippen molar-refractivity contribution in [2.75, 3.05) is 12.4 Å². The molecule has 0 aromatic heterocycles. The van der Waals surface area contributed by atoms with E-state index in [9.17, 15) is 14.4 Å². The van der Waals surface area contributed by atoms with Crippen LogP contribution < -0.4 is 5.32 Å². The summed E-state index contributed by atoms with van der Waals surface area (Å²) in [6, 6.07) is 17.4. The molecule has 2 rings (SSSR count). The maximum absolute atomic E-state index is 11.8. The molecule has 0 spiro atoms. The zero-order chi connectivity index (χ0) is 18.8. The van der Waals surface area contributed by atoms with E-state index in [0.29, 0.717) is 11.3 Å². The fraction of sp³-hybridized carbons (Fsp3) is 0.158. The van der Waals surface area contributed by atoms with Crippen LogP contribution in [-0.2, 0) is 14.3 Å². The smallest absolute Gasteiger partial charge is 0.338 e. The van der Waals surface area contributed by atoms with E-state index in [4.69, 9.17) is 10.00 Å². The number of esters is 1. The molecule has 0 saturated carbocycles. The summed E-state index contributed by atoms with van der Waals surface area (Å²) >= 11 is 1.51. The van der Waals surface area contributed by atoms with Crippen molar-refractivity contribution in [2.24, 2.45) is 0 Å². The number of ether oxygens (including phenoxy) is 1.